The molecule has 2 fully saturated rings. The van der Waals surface area contributed by atoms with E-state index in [0.29, 0.717) is 11.7 Å². The number of hydrogen-bond donors (Lipinski definition) is 0. The average Bonchev–Trinajstić information content (AvgIpc) is 2.84. The summed E-state index contributed by atoms with van der Waals surface area (Å²) in [5, 5.41) is 0. The van der Waals surface area contributed by atoms with Crippen LogP contribution in [0, 0.1) is 38.5 Å². The summed E-state index contributed by atoms with van der Waals surface area (Å²) < 4.78 is 0. The van der Waals surface area contributed by atoms with Gasteiger partial charge in [0.2, 0.25) is 0 Å². The van der Waals surface area contributed by atoms with Crippen LogP contribution < -0.4 is 0 Å². The molecule has 2 unspecified atom stereocenters. The fourth-order valence-corrected chi connectivity index (χ4v) is 3.70. The molecule has 0 saturated heterocycles. The summed E-state index contributed by atoms with van der Waals surface area (Å²) in [4.78, 5) is 12.6. The number of aryl methyl sites for hydroxylation is 3. The number of benzene rings is 1. The van der Waals surface area contributed by atoms with Crippen LogP contribution in [0.15, 0.2) is 12.1 Å². The molecule has 3 rings (SSSR count). The molecule has 0 N–H and O–H groups in total. The molecule has 1 heteroatoms. The van der Waals surface area contributed by atoms with Crippen molar-refractivity contribution in [2.24, 2.45) is 17.8 Å². The Bertz CT molecular complexity index is 453. The Balaban J connectivity index is 1.90. The highest BCUT2D eigenvalue weighted by molar-refractivity contribution is 6.00. The van der Waals surface area contributed by atoms with Gasteiger partial charge in [0, 0.05) is 11.5 Å². The SMILES string of the molecule is Cc1cc(C)c(C(=O)C2CC3CC3C2)c(C)c1. The molecule has 2 aliphatic carbocycles. The lowest BCUT2D eigenvalue weighted by molar-refractivity contribution is 0.0913. The molecular weight excluding hydrogens is 208 g/mol. The summed E-state index contributed by atoms with van der Waals surface area (Å²) in [6.07, 6.45) is 3.68. The van der Waals surface area contributed by atoms with E-state index in [9.17, 15) is 4.79 Å². The van der Waals surface area contributed by atoms with E-state index in [1.165, 1.54) is 12.0 Å². The van der Waals surface area contributed by atoms with Crippen molar-refractivity contribution in [2.45, 2.75) is 40.0 Å². The maximum absolute atomic E-state index is 12.6. The zero-order valence-corrected chi connectivity index (χ0v) is 10.9. The second-order valence-corrected chi connectivity index (χ2v) is 6.06. The first-order valence-electron chi connectivity index (χ1n) is 6.68. The largest absolute Gasteiger partial charge is 0.294 e. The zero-order chi connectivity index (χ0) is 12.2. The lowest BCUT2D eigenvalue weighted by Gasteiger charge is -2.15. The standard InChI is InChI=1S/C16H20O/c1-9-4-10(2)15(11(3)5-9)16(17)14-7-12-6-13(12)8-14/h4-5,12-14H,6-8H2,1-3H3. The Kier molecular flexibility index (Phi) is 2.39. The van der Waals surface area contributed by atoms with Gasteiger partial charge < -0.3 is 0 Å². The van der Waals surface area contributed by atoms with Crippen LogP contribution in [-0.2, 0) is 0 Å². The second-order valence-electron chi connectivity index (χ2n) is 6.06. The van der Waals surface area contributed by atoms with Crippen LogP contribution in [-0.4, -0.2) is 5.78 Å². The zero-order valence-electron chi connectivity index (χ0n) is 10.9. The predicted molar refractivity (Wildman–Crippen MR) is 69.3 cm³/mol. The molecule has 90 valence electrons. The van der Waals surface area contributed by atoms with Crippen LogP contribution in [0.3, 0.4) is 0 Å². The highest BCUT2D eigenvalue weighted by Crippen LogP contribution is 2.55. The monoisotopic (exact) mass is 228 g/mol. The summed E-state index contributed by atoms with van der Waals surface area (Å²) in [6, 6.07) is 4.27. The predicted octanol–water partition coefficient (Wildman–Crippen LogP) is 3.84. The summed E-state index contributed by atoms with van der Waals surface area (Å²) in [6.45, 7) is 6.24. The minimum absolute atomic E-state index is 0.318. The molecule has 1 aromatic rings. The van der Waals surface area contributed by atoms with E-state index in [2.05, 4.69) is 32.9 Å². The van der Waals surface area contributed by atoms with Gasteiger partial charge in [0.1, 0.15) is 0 Å². The summed E-state index contributed by atoms with van der Waals surface area (Å²) >= 11 is 0. The van der Waals surface area contributed by atoms with Gasteiger partial charge in [-0.1, -0.05) is 17.7 Å². The van der Waals surface area contributed by atoms with Gasteiger partial charge in [0.25, 0.3) is 0 Å². The highest BCUT2D eigenvalue weighted by atomic mass is 16.1. The molecule has 1 aromatic carbocycles. The van der Waals surface area contributed by atoms with E-state index in [4.69, 9.17) is 0 Å². The third-order valence-corrected chi connectivity index (χ3v) is 4.54. The summed E-state index contributed by atoms with van der Waals surface area (Å²) in [7, 11) is 0. The molecule has 0 bridgehead atoms. The molecule has 0 spiro atoms. The Hall–Kier alpha value is -1.11. The van der Waals surface area contributed by atoms with Gasteiger partial charge in [-0.3, -0.25) is 4.79 Å². The van der Waals surface area contributed by atoms with Crippen molar-refractivity contribution in [1.82, 2.24) is 0 Å². The first-order valence-corrected chi connectivity index (χ1v) is 6.68. The number of Topliss-reactive ketones (excluding diaryl/α,β-unsaturated/α-hetero) is 1. The average molecular weight is 228 g/mol. The Morgan fingerprint density at radius 1 is 1.00 bits per heavy atom. The molecule has 1 nitrogen and oxygen atoms in total. The van der Waals surface area contributed by atoms with Crippen LogP contribution in [0.5, 0.6) is 0 Å². The lowest BCUT2D eigenvalue weighted by Crippen LogP contribution is -2.16. The molecule has 0 aliphatic heterocycles. The van der Waals surface area contributed by atoms with Gasteiger partial charge in [-0.25, -0.2) is 0 Å². The Morgan fingerprint density at radius 3 is 2.06 bits per heavy atom. The van der Waals surface area contributed by atoms with Crippen molar-refractivity contribution >= 4 is 5.78 Å². The van der Waals surface area contributed by atoms with Gasteiger partial charge in [0.15, 0.2) is 5.78 Å². The number of carbonyl (C=O) groups excluding carboxylic acids is 1. The molecule has 0 aromatic heterocycles. The van der Waals surface area contributed by atoms with Crippen molar-refractivity contribution < 1.29 is 4.79 Å². The van der Waals surface area contributed by atoms with Gasteiger partial charge in [-0.2, -0.15) is 0 Å². The van der Waals surface area contributed by atoms with Crippen LogP contribution in [0.25, 0.3) is 0 Å². The van der Waals surface area contributed by atoms with Crippen molar-refractivity contribution in [3.05, 3.63) is 34.4 Å². The van der Waals surface area contributed by atoms with Crippen LogP contribution in [0.2, 0.25) is 0 Å². The number of fused-ring (bicyclic) bond motifs is 1. The van der Waals surface area contributed by atoms with Gasteiger partial charge >= 0.3 is 0 Å². The molecule has 2 saturated carbocycles. The fraction of sp³-hybridized carbons (Fsp3) is 0.562. The minimum atomic E-state index is 0.318. The maximum atomic E-state index is 12.6. The first kappa shape index (κ1) is 11.0. The molecule has 0 radical (unpaired) electrons. The molecule has 0 heterocycles. The topological polar surface area (TPSA) is 17.1 Å². The van der Waals surface area contributed by atoms with Gasteiger partial charge in [0.05, 0.1) is 0 Å². The second kappa shape index (κ2) is 3.69. The number of carbonyl (C=O) groups is 1. The molecule has 2 aliphatic rings. The van der Waals surface area contributed by atoms with Gasteiger partial charge in [-0.05, 0) is 63.0 Å². The quantitative estimate of drug-likeness (QED) is 0.703. The Morgan fingerprint density at radius 2 is 1.53 bits per heavy atom. The van der Waals surface area contributed by atoms with Gasteiger partial charge in [-0.15, -0.1) is 0 Å². The lowest BCUT2D eigenvalue weighted by atomic mass is 9.88. The van der Waals surface area contributed by atoms with E-state index in [0.717, 1.165) is 41.4 Å². The summed E-state index contributed by atoms with van der Waals surface area (Å²) in [5.41, 5.74) is 4.58. The minimum Gasteiger partial charge on any atom is -0.294 e. The Labute approximate surface area is 103 Å². The molecular formula is C16H20O. The van der Waals surface area contributed by atoms with Crippen molar-refractivity contribution in [2.75, 3.05) is 0 Å². The number of ketones is 1. The van der Waals surface area contributed by atoms with Crippen LogP contribution >= 0.6 is 0 Å². The van der Waals surface area contributed by atoms with E-state index in [-0.39, 0.29) is 0 Å². The van der Waals surface area contributed by atoms with E-state index in [1.807, 2.05) is 0 Å². The highest BCUT2D eigenvalue weighted by Gasteiger charge is 2.48. The molecule has 2 atom stereocenters. The third kappa shape index (κ3) is 1.82. The smallest absolute Gasteiger partial charge is 0.166 e. The number of rotatable bonds is 2. The van der Waals surface area contributed by atoms with E-state index >= 15 is 0 Å². The van der Waals surface area contributed by atoms with Crippen molar-refractivity contribution in [3.63, 3.8) is 0 Å². The normalized spacial score (nSPS) is 30.2. The van der Waals surface area contributed by atoms with E-state index in [1.54, 1.807) is 0 Å². The fourth-order valence-electron chi connectivity index (χ4n) is 3.70. The molecule has 0 amide bonds. The summed E-state index contributed by atoms with van der Waals surface area (Å²) in [5.74, 6) is 2.50. The van der Waals surface area contributed by atoms with Crippen molar-refractivity contribution in [3.8, 4) is 0 Å². The number of hydrogen-bond acceptors (Lipinski definition) is 1. The maximum Gasteiger partial charge on any atom is 0.166 e. The van der Waals surface area contributed by atoms with Crippen LogP contribution in [0.1, 0.15) is 46.3 Å². The van der Waals surface area contributed by atoms with E-state index < -0.39 is 0 Å². The molecule has 17 heavy (non-hydrogen) atoms. The third-order valence-electron chi connectivity index (χ3n) is 4.54. The van der Waals surface area contributed by atoms with Crippen molar-refractivity contribution in [1.29, 1.82) is 0 Å². The van der Waals surface area contributed by atoms with Crippen LogP contribution in [0.4, 0.5) is 0 Å². The first-order chi connectivity index (χ1) is 8.06.